The Labute approximate surface area is 127 Å². The molecule has 0 bridgehead atoms. The summed E-state index contributed by atoms with van der Waals surface area (Å²) in [7, 11) is 0. The lowest BCUT2D eigenvalue weighted by molar-refractivity contribution is 0.0697. The van der Waals surface area contributed by atoms with Gasteiger partial charge >= 0.3 is 12.0 Å². The average molecular weight is 303 g/mol. The van der Waals surface area contributed by atoms with Gasteiger partial charge in [-0.25, -0.2) is 4.79 Å². The van der Waals surface area contributed by atoms with Crippen LogP contribution in [-0.2, 0) is 11.3 Å². The monoisotopic (exact) mass is 303 g/mol. The summed E-state index contributed by atoms with van der Waals surface area (Å²) in [6.07, 6.45) is 1.82. The Balaban J connectivity index is 1.57. The second kappa shape index (κ2) is 6.57. The molecule has 7 heteroatoms. The third-order valence-electron chi connectivity index (χ3n) is 3.67. The van der Waals surface area contributed by atoms with Crippen LogP contribution in [0.2, 0.25) is 0 Å². The standard InChI is InChI=1S/C15H17N3O4/c19-14(20)12-3-1-10(2-4-12)9-16-15-17-13(18-22-15)11-5-7-21-8-6-11/h1-4,11H,5-9H2,(H,19,20)(H,16,17,18). The van der Waals surface area contributed by atoms with Crippen molar-refractivity contribution in [1.29, 1.82) is 0 Å². The Bertz CT molecular complexity index is 632. The second-order valence-electron chi connectivity index (χ2n) is 5.20. The van der Waals surface area contributed by atoms with Crippen LogP contribution in [-0.4, -0.2) is 34.4 Å². The molecule has 1 aliphatic heterocycles. The predicted octanol–water partition coefficient (Wildman–Crippen LogP) is 2.27. The first kappa shape index (κ1) is 14.5. The number of nitrogens with zero attached hydrogens (tertiary/aromatic N) is 2. The Morgan fingerprint density at radius 1 is 1.27 bits per heavy atom. The molecule has 2 aromatic rings. The third-order valence-corrected chi connectivity index (χ3v) is 3.67. The highest BCUT2D eigenvalue weighted by Crippen LogP contribution is 2.25. The smallest absolute Gasteiger partial charge is 0.335 e. The quantitative estimate of drug-likeness (QED) is 0.874. The molecule has 0 radical (unpaired) electrons. The van der Waals surface area contributed by atoms with Crippen molar-refractivity contribution in [2.45, 2.75) is 25.3 Å². The van der Waals surface area contributed by atoms with Gasteiger partial charge in [0.1, 0.15) is 0 Å². The molecule has 0 spiro atoms. The minimum Gasteiger partial charge on any atom is -0.478 e. The highest BCUT2D eigenvalue weighted by Gasteiger charge is 2.21. The van der Waals surface area contributed by atoms with Gasteiger partial charge in [0.05, 0.1) is 5.56 Å². The summed E-state index contributed by atoms with van der Waals surface area (Å²) in [5.74, 6) is 0.0763. The summed E-state index contributed by atoms with van der Waals surface area (Å²) in [5.41, 5.74) is 1.21. The fraction of sp³-hybridized carbons (Fsp3) is 0.400. The molecular weight excluding hydrogens is 286 g/mol. The number of anilines is 1. The number of aromatic nitrogens is 2. The summed E-state index contributed by atoms with van der Waals surface area (Å²) in [5, 5.41) is 15.9. The van der Waals surface area contributed by atoms with Crippen LogP contribution in [0.25, 0.3) is 0 Å². The van der Waals surface area contributed by atoms with Crippen molar-refractivity contribution in [3.63, 3.8) is 0 Å². The molecule has 7 nitrogen and oxygen atoms in total. The molecule has 0 aliphatic carbocycles. The first-order chi connectivity index (χ1) is 10.7. The summed E-state index contributed by atoms with van der Waals surface area (Å²) >= 11 is 0. The van der Waals surface area contributed by atoms with Crippen LogP contribution in [0.4, 0.5) is 6.01 Å². The highest BCUT2D eigenvalue weighted by atomic mass is 16.5. The van der Waals surface area contributed by atoms with Gasteiger partial charge in [0, 0.05) is 25.7 Å². The maximum absolute atomic E-state index is 10.8. The first-order valence-electron chi connectivity index (χ1n) is 7.20. The van der Waals surface area contributed by atoms with E-state index in [0.29, 0.717) is 24.3 Å². The van der Waals surface area contributed by atoms with Crippen molar-refractivity contribution in [3.8, 4) is 0 Å². The SMILES string of the molecule is O=C(O)c1ccc(CNc2nc(C3CCOCC3)no2)cc1. The molecule has 0 unspecified atom stereocenters. The summed E-state index contributed by atoms with van der Waals surface area (Å²) in [6.45, 7) is 1.96. The number of hydrogen-bond donors (Lipinski definition) is 2. The Kier molecular flexibility index (Phi) is 4.34. The van der Waals surface area contributed by atoms with Crippen LogP contribution >= 0.6 is 0 Å². The summed E-state index contributed by atoms with van der Waals surface area (Å²) < 4.78 is 10.5. The van der Waals surface area contributed by atoms with Crippen LogP contribution in [0.5, 0.6) is 0 Å². The zero-order chi connectivity index (χ0) is 15.4. The van der Waals surface area contributed by atoms with E-state index in [1.54, 1.807) is 24.3 Å². The van der Waals surface area contributed by atoms with E-state index in [1.807, 2.05) is 0 Å². The van der Waals surface area contributed by atoms with E-state index >= 15 is 0 Å². The van der Waals surface area contributed by atoms with Gasteiger partial charge in [-0.15, -0.1) is 0 Å². The van der Waals surface area contributed by atoms with Gasteiger partial charge in [0.15, 0.2) is 5.82 Å². The van der Waals surface area contributed by atoms with E-state index < -0.39 is 5.97 Å². The molecule has 1 aromatic carbocycles. The van der Waals surface area contributed by atoms with E-state index in [2.05, 4.69) is 15.5 Å². The minimum atomic E-state index is -0.933. The van der Waals surface area contributed by atoms with Gasteiger partial charge in [-0.1, -0.05) is 17.3 Å². The Morgan fingerprint density at radius 3 is 2.68 bits per heavy atom. The lowest BCUT2D eigenvalue weighted by atomic mass is 10.00. The Hall–Kier alpha value is -2.41. The number of carboxylic acid groups (broad SMARTS) is 1. The van der Waals surface area contributed by atoms with Gasteiger partial charge in [-0.3, -0.25) is 0 Å². The number of carboxylic acids is 1. The molecule has 2 N–H and O–H groups in total. The normalized spacial score (nSPS) is 15.6. The van der Waals surface area contributed by atoms with Crippen LogP contribution in [0, 0.1) is 0 Å². The molecular formula is C15H17N3O4. The number of rotatable bonds is 5. The largest absolute Gasteiger partial charge is 0.478 e. The average Bonchev–Trinajstić information content (AvgIpc) is 3.03. The van der Waals surface area contributed by atoms with Crippen LogP contribution in [0.1, 0.15) is 40.5 Å². The van der Waals surface area contributed by atoms with E-state index in [0.717, 1.165) is 31.6 Å². The molecule has 1 aliphatic rings. The zero-order valence-electron chi connectivity index (χ0n) is 12.0. The molecule has 22 heavy (non-hydrogen) atoms. The molecule has 0 saturated carbocycles. The number of benzene rings is 1. The molecule has 3 rings (SSSR count). The summed E-state index contributed by atoms with van der Waals surface area (Å²) in [6, 6.07) is 7.03. The van der Waals surface area contributed by atoms with Gasteiger partial charge in [0.25, 0.3) is 0 Å². The number of hydrogen-bond acceptors (Lipinski definition) is 6. The number of carbonyl (C=O) groups is 1. The minimum absolute atomic E-state index is 0.267. The van der Waals surface area contributed by atoms with Gasteiger partial charge in [-0.2, -0.15) is 4.98 Å². The van der Waals surface area contributed by atoms with E-state index in [-0.39, 0.29) is 5.56 Å². The zero-order valence-corrected chi connectivity index (χ0v) is 12.0. The van der Waals surface area contributed by atoms with Crippen molar-refractivity contribution in [1.82, 2.24) is 10.1 Å². The van der Waals surface area contributed by atoms with Crippen LogP contribution in [0.15, 0.2) is 28.8 Å². The maximum Gasteiger partial charge on any atom is 0.335 e. The molecule has 1 saturated heterocycles. The highest BCUT2D eigenvalue weighted by molar-refractivity contribution is 5.87. The number of nitrogens with one attached hydrogen (secondary N) is 1. The van der Waals surface area contributed by atoms with Crippen LogP contribution < -0.4 is 5.32 Å². The molecule has 2 heterocycles. The Morgan fingerprint density at radius 2 is 2.00 bits per heavy atom. The topological polar surface area (TPSA) is 97.5 Å². The van der Waals surface area contributed by atoms with E-state index in [9.17, 15) is 4.79 Å². The van der Waals surface area contributed by atoms with Crippen molar-refractivity contribution in [3.05, 3.63) is 41.2 Å². The predicted molar refractivity (Wildman–Crippen MR) is 77.8 cm³/mol. The summed E-state index contributed by atoms with van der Waals surface area (Å²) in [4.78, 5) is 15.1. The molecule has 0 atom stereocenters. The van der Waals surface area contributed by atoms with Crippen molar-refractivity contribution in [2.75, 3.05) is 18.5 Å². The van der Waals surface area contributed by atoms with Gasteiger partial charge < -0.3 is 19.7 Å². The number of aromatic carboxylic acids is 1. The third kappa shape index (κ3) is 3.43. The lowest BCUT2D eigenvalue weighted by Gasteiger charge is -2.18. The van der Waals surface area contributed by atoms with E-state index in [4.69, 9.17) is 14.4 Å². The van der Waals surface area contributed by atoms with Crippen LogP contribution in [0.3, 0.4) is 0 Å². The number of ether oxygens (including phenoxy) is 1. The molecule has 1 aromatic heterocycles. The first-order valence-corrected chi connectivity index (χ1v) is 7.20. The molecule has 0 amide bonds. The van der Waals surface area contributed by atoms with E-state index in [1.165, 1.54) is 0 Å². The van der Waals surface area contributed by atoms with Gasteiger partial charge in [0.2, 0.25) is 0 Å². The lowest BCUT2D eigenvalue weighted by Crippen LogP contribution is -2.15. The van der Waals surface area contributed by atoms with Crippen molar-refractivity contribution >= 4 is 12.0 Å². The van der Waals surface area contributed by atoms with Crippen molar-refractivity contribution < 1.29 is 19.2 Å². The fourth-order valence-corrected chi connectivity index (χ4v) is 2.37. The molecule has 1 fully saturated rings. The second-order valence-corrected chi connectivity index (χ2v) is 5.20. The van der Waals surface area contributed by atoms with Crippen molar-refractivity contribution in [2.24, 2.45) is 0 Å². The maximum atomic E-state index is 10.8. The molecule has 116 valence electrons. The van der Waals surface area contributed by atoms with Gasteiger partial charge in [-0.05, 0) is 30.5 Å². The fourth-order valence-electron chi connectivity index (χ4n) is 2.37.